The Bertz CT molecular complexity index is 1330. The molecule has 1 fully saturated rings. The second-order valence-electron chi connectivity index (χ2n) is 9.87. The Kier molecular flexibility index (Phi) is 9.05. The summed E-state index contributed by atoms with van der Waals surface area (Å²) in [6.07, 6.45) is -1.53. The zero-order chi connectivity index (χ0) is 29.8. The molecule has 1 saturated heterocycles. The summed E-state index contributed by atoms with van der Waals surface area (Å²) >= 11 is 0. The molecule has 3 heterocycles. The van der Waals surface area contributed by atoms with Crippen LogP contribution in [0.5, 0.6) is 0 Å². The van der Waals surface area contributed by atoms with Gasteiger partial charge < -0.3 is 26.2 Å². The molecule has 1 aliphatic heterocycles. The number of primary amides is 1. The molecule has 0 bridgehead atoms. The molecule has 2 aromatic heterocycles. The quantitative estimate of drug-likeness (QED) is 0.268. The van der Waals surface area contributed by atoms with E-state index in [1.807, 2.05) is 0 Å². The standard InChI is InChI=1S/C27H31F4N7O3/c1-2-37(13-17-3-5-19(6-4-17)27(29,30)31)25-21(28)24(35-16-36-25)34-15-26(41)9-12-38(14-20(26)39)22(23(32)40)18-7-10-33-11-8-18/h3-8,10-11,16,20,22,39,41H,2,9,12-15H2,1H3,(H2,32,40)(H,34,35,36)/t20-,22-,26-/m1/s1. The lowest BCUT2D eigenvalue weighted by molar-refractivity contribution is -0.137. The number of halogens is 4. The Morgan fingerprint density at radius 2 is 1.90 bits per heavy atom. The molecular formula is C27H31F4N7O3. The van der Waals surface area contributed by atoms with Crippen LogP contribution in [-0.2, 0) is 17.5 Å². The molecule has 10 nitrogen and oxygen atoms in total. The van der Waals surface area contributed by atoms with Gasteiger partial charge in [-0.2, -0.15) is 17.6 Å². The first kappa shape index (κ1) is 30.1. The maximum absolute atomic E-state index is 15.5. The van der Waals surface area contributed by atoms with Crippen molar-refractivity contribution in [2.24, 2.45) is 5.73 Å². The molecule has 0 saturated carbocycles. The molecular weight excluding hydrogens is 546 g/mol. The predicted octanol–water partition coefficient (Wildman–Crippen LogP) is 2.49. The second-order valence-corrected chi connectivity index (χ2v) is 9.87. The SMILES string of the molecule is CCN(Cc1ccc(C(F)(F)F)cc1)c1ncnc(NC[C@]2(O)CCN([C@@H](C(N)=O)c3ccncc3)C[C@H]2O)c1F. The highest BCUT2D eigenvalue weighted by atomic mass is 19.4. The van der Waals surface area contributed by atoms with E-state index in [-0.39, 0.29) is 44.2 Å². The number of aromatic nitrogens is 3. The number of anilines is 2. The zero-order valence-electron chi connectivity index (χ0n) is 22.2. The number of likely N-dealkylation sites (tertiary alicyclic amines) is 1. The fraction of sp³-hybridized carbons (Fsp3) is 0.407. The largest absolute Gasteiger partial charge is 0.416 e. The summed E-state index contributed by atoms with van der Waals surface area (Å²) < 4.78 is 54.1. The van der Waals surface area contributed by atoms with Crippen molar-refractivity contribution in [3.8, 4) is 0 Å². The summed E-state index contributed by atoms with van der Waals surface area (Å²) in [4.78, 5) is 27.3. The number of alkyl halides is 3. The Labute approximate surface area is 233 Å². The van der Waals surface area contributed by atoms with Crippen molar-refractivity contribution >= 4 is 17.5 Å². The van der Waals surface area contributed by atoms with Crippen molar-refractivity contribution in [1.29, 1.82) is 0 Å². The number of benzene rings is 1. The number of hydrogen-bond acceptors (Lipinski definition) is 9. The Hall–Kier alpha value is -3.88. The van der Waals surface area contributed by atoms with E-state index in [4.69, 9.17) is 5.73 Å². The minimum Gasteiger partial charge on any atom is -0.389 e. The van der Waals surface area contributed by atoms with Gasteiger partial charge in [-0.05, 0) is 48.7 Å². The van der Waals surface area contributed by atoms with Crippen LogP contribution in [0.3, 0.4) is 0 Å². The summed E-state index contributed by atoms with van der Waals surface area (Å²) in [7, 11) is 0. The van der Waals surface area contributed by atoms with Gasteiger partial charge in [0.25, 0.3) is 0 Å². The highest BCUT2D eigenvalue weighted by Crippen LogP contribution is 2.32. The first-order chi connectivity index (χ1) is 19.4. The molecule has 41 heavy (non-hydrogen) atoms. The topological polar surface area (TPSA) is 141 Å². The molecule has 0 aliphatic carbocycles. The van der Waals surface area contributed by atoms with Crippen LogP contribution in [0.4, 0.5) is 29.2 Å². The lowest BCUT2D eigenvalue weighted by atomic mass is 9.87. The number of amides is 1. The minimum atomic E-state index is -4.46. The van der Waals surface area contributed by atoms with Crippen LogP contribution in [0.1, 0.15) is 36.1 Å². The van der Waals surface area contributed by atoms with Gasteiger partial charge in [0.05, 0.1) is 11.7 Å². The number of rotatable bonds is 10. The molecule has 0 radical (unpaired) electrons. The van der Waals surface area contributed by atoms with E-state index in [9.17, 15) is 28.2 Å². The number of aliphatic hydroxyl groups is 2. The molecule has 1 amide bonds. The normalized spacial score (nSPS) is 20.4. The van der Waals surface area contributed by atoms with Gasteiger partial charge >= 0.3 is 6.18 Å². The van der Waals surface area contributed by atoms with Crippen LogP contribution in [0.15, 0.2) is 55.1 Å². The van der Waals surface area contributed by atoms with E-state index in [1.165, 1.54) is 29.4 Å². The highest BCUT2D eigenvalue weighted by molar-refractivity contribution is 5.81. The highest BCUT2D eigenvalue weighted by Gasteiger charge is 2.43. The number of nitrogens with one attached hydrogen (secondary N) is 1. The van der Waals surface area contributed by atoms with Gasteiger partial charge in [-0.25, -0.2) is 9.97 Å². The molecule has 3 atom stereocenters. The van der Waals surface area contributed by atoms with E-state index in [0.29, 0.717) is 17.7 Å². The summed E-state index contributed by atoms with van der Waals surface area (Å²) in [5.74, 6) is -1.72. The third kappa shape index (κ3) is 6.89. The van der Waals surface area contributed by atoms with Crippen molar-refractivity contribution in [1.82, 2.24) is 19.9 Å². The lowest BCUT2D eigenvalue weighted by Crippen LogP contribution is -2.60. The maximum Gasteiger partial charge on any atom is 0.416 e. The summed E-state index contributed by atoms with van der Waals surface area (Å²) in [6.45, 7) is 2.04. The van der Waals surface area contributed by atoms with Crippen LogP contribution in [0.25, 0.3) is 0 Å². The fourth-order valence-corrected chi connectivity index (χ4v) is 4.83. The number of hydrogen-bond donors (Lipinski definition) is 4. The maximum atomic E-state index is 15.5. The number of nitrogens with zero attached hydrogens (tertiary/aromatic N) is 5. The van der Waals surface area contributed by atoms with Crippen LogP contribution >= 0.6 is 0 Å². The van der Waals surface area contributed by atoms with Gasteiger partial charge in [0, 0.05) is 45.1 Å². The first-order valence-corrected chi connectivity index (χ1v) is 12.9. The van der Waals surface area contributed by atoms with Crippen LogP contribution in [0.2, 0.25) is 0 Å². The van der Waals surface area contributed by atoms with Gasteiger partial charge in [0.1, 0.15) is 18.0 Å². The van der Waals surface area contributed by atoms with Gasteiger partial charge in [0.15, 0.2) is 11.6 Å². The Balaban J connectivity index is 1.43. The van der Waals surface area contributed by atoms with Crippen molar-refractivity contribution in [3.63, 3.8) is 0 Å². The van der Waals surface area contributed by atoms with E-state index in [1.54, 1.807) is 24.0 Å². The third-order valence-corrected chi connectivity index (χ3v) is 7.19. The van der Waals surface area contributed by atoms with E-state index in [2.05, 4.69) is 20.3 Å². The van der Waals surface area contributed by atoms with Gasteiger partial charge in [-0.3, -0.25) is 14.7 Å². The second kappa shape index (κ2) is 12.3. The molecule has 0 unspecified atom stereocenters. The first-order valence-electron chi connectivity index (χ1n) is 12.9. The summed E-state index contributed by atoms with van der Waals surface area (Å²) in [5.41, 5.74) is 4.31. The number of carbonyl (C=O) groups is 1. The van der Waals surface area contributed by atoms with Crippen molar-refractivity contribution < 1.29 is 32.6 Å². The summed E-state index contributed by atoms with van der Waals surface area (Å²) in [6, 6.07) is 7.05. The molecule has 1 aliphatic rings. The monoisotopic (exact) mass is 577 g/mol. The number of pyridine rings is 1. The molecule has 5 N–H and O–H groups in total. The third-order valence-electron chi connectivity index (χ3n) is 7.19. The van der Waals surface area contributed by atoms with Gasteiger partial charge in [0.2, 0.25) is 11.7 Å². The molecule has 0 spiro atoms. The average molecular weight is 578 g/mol. The number of carbonyl (C=O) groups excluding carboxylic acids is 1. The number of nitrogens with two attached hydrogens (primary N) is 1. The molecule has 4 rings (SSSR count). The van der Waals surface area contributed by atoms with Crippen LogP contribution in [0, 0.1) is 5.82 Å². The zero-order valence-corrected chi connectivity index (χ0v) is 22.2. The molecule has 3 aromatic rings. The summed E-state index contributed by atoms with van der Waals surface area (Å²) in [5, 5.41) is 24.8. The smallest absolute Gasteiger partial charge is 0.389 e. The van der Waals surface area contributed by atoms with Crippen molar-refractivity contribution in [2.45, 2.75) is 43.8 Å². The molecule has 14 heteroatoms. The van der Waals surface area contributed by atoms with Crippen molar-refractivity contribution in [2.75, 3.05) is 36.4 Å². The predicted molar refractivity (Wildman–Crippen MR) is 142 cm³/mol. The van der Waals surface area contributed by atoms with Crippen LogP contribution < -0.4 is 16.0 Å². The lowest BCUT2D eigenvalue weighted by Gasteiger charge is -2.44. The Morgan fingerprint density at radius 1 is 1.22 bits per heavy atom. The average Bonchev–Trinajstić information content (AvgIpc) is 2.94. The Morgan fingerprint density at radius 3 is 2.49 bits per heavy atom. The minimum absolute atomic E-state index is 0.0462. The molecule has 220 valence electrons. The van der Waals surface area contributed by atoms with Gasteiger partial charge in [-0.15, -0.1) is 0 Å². The number of aliphatic hydroxyl groups excluding tert-OH is 1. The van der Waals surface area contributed by atoms with Gasteiger partial charge in [-0.1, -0.05) is 12.1 Å². The fourth-order valence-electron chi connectivity index (χ4n) is 4.83. The molecule has 1 aromatic carbocycles. The van der Waals surface area contributed by atoms with E-state index < -0.39 is 41.2 Å². The van der Waals surface area contributed by atoms with E-state index in [0.717, 1.165) is 18.5 Å². The number of piperidine rings is 1. The van der Waals surface area contributed by atoms with E-state index >= 15 is 4.39 Å². The van der Waals surface area contributed by atoms with Crippen molar-refractivity contribution in [3.05, 3.63) is 77.6 Å². The van der Waals surface area contributed by atoms with Crippen LogP contribution in [-0.4, -0.2) is 73.9 Å². The number of β-amino-alcohol motifs (C(OH)–C–C–N with tert-alkyl or cyclic N) is 1.